The fourth-order valence-electron chi connectivity index (χ4n) is 1.58. The van der Waals surface area contributed by atoms with E-state index < -0.39 is 0 Å². The summed E-state index contributed by atoms with van der Waals surface area (Å²) in [6.45, 7) is 2.12. The van der Waals surface area contributed by atoms with Crippen molar-refractivity contribution < 1.29 is 0 Å². The lowest BCUT2D eigenvalue weighted by Gasteiger charge is -2.13. The molecule has 0 aromatic carbocycles. The Hall–Kier alpha value is -1.66. The summed E-state index contributed by atoms with van der Waals surface area (Å²) in [6, 6.07) is 4.23. The third-order valence-electron chi connectivity index (χ3n) is 2.33. The highest BCUT2D eigenvalue weighted by Gasteiger charge is 2.05. The van der Waals surface area contributed by atoms with Gasteiger partial charge < -0.3 is 10.7 Å². The largest absolute Gasteiger partial charge is 0.367 e. The molecule has 2 aromatic rings. The molecular formula is C11H15N5S. The molecule has 0 fully saturated rings. The second-order valence-electron chi connectivity index (χ2n) is 3.81. The van der Waals surface area contributed by atoms with Crippen LogP contribution in [0.3, 0.4) is 0 Å². The zero-order chi connectivity index (χ0) is 12.1. The summed E-state index contributed by atoms with van der Waals surface area (Å²) in [5.74, 6) is 6.67. The second kappa shape index (κ2) is 5.60. The van der Waals surface area contributed by atoms with E-state index in [9.17, 15) is 0 Å². The van der Waals surface area contributed by atoms with Crippen LogP contribution in [-0.2, 0) is 6.42 Å². The molecule has 6 heteroatoms. The molecule has 5 nitrogen and oxygen atoms in total. The van der Waals surface area contributed by atoms with Crippen molar-refractivity contribution in [3.63, 3.8) is 0 Å². The van der Waals surface area contributed by atoms with Gasteiger partial charge in [-0.25, -0.2) is 15.8 Å². The zero-order valence-corrected chi connectivity index (χ0v) is 10.4. The summed E-state index contributed by atoms with van der Waals surface area (Å²) >= 11 is 1.71. The maximum Gasteiger partial charge on any atom is 0.145 e. The van der Waals surface area contributed by atoms with Gasteiger partial charge >= 0.3 is 0 Å². The Kier molecular flexibility index (Phi) is 3.89. The van der Waals surface area contributed by atoms with Gasteiger partial charge in [0.05, 0.1) is 0 Å². The summed E-state index contributed by atoms with van der Waals surface area (Å²) in [6.07, 6.45) is 2.45. The molecule has 90 valence electrons. The molecule has 4 N–H and O–H groups in total. The van der Waals surface area contributed by atoms with E-state index in [1.807, 2.05) is 0 Å². The first-order chi connectivity index (χ1) is 8.28. The maximum absolute atomic E-state index is 5.29. The minimum absolute atomic E-state index is 0.310. The molecule has 0 radical (unpaired) electrons. The number of rotatable bonds is 5. The van der Waals surface area contributed by atoms with Crippen LogP contribution in [0, 0.1) is 0 Å². The van der Waals surface area contributed by atoms with Crippen molar-refractivity contribution in [3.05, 3.63) is 34.8 Å². The van der Waals surface area contributed by atoms with Crippen molar-refractivity contribution >= 4 is 23.0 Å². The number of hydrogen-bond donors (Lipinski definition) is 3. The Morgan fingerprint density at radius 2 is 2.24 bits per heavy atom. The SMILES string of the molecule is CC(Cc1ccsc1)Nc1cc(NN)ncn1. The third kappa shape index (κ3) is 3.40. The van der Waals surface area contributed by atoms with Crippen LogP contribution in [-0.4, -0.2) is 16.0 Å². The topological polar surface area (TPSA) is 75.9 Å². The molecule has 0 amide bonds. The normalized spacial score (nSPS) is 12.1. The van der Waals surface area contributed by atoms with E-state index in [0.29, 0.717) is 11.9 Å². The standard InChI is InChI=1S/C11H15N5S/c1-8(4-9-2-3-17-6-9)15-10-5-11(16-12)14-7-13-10/h2-3,5-8H,4,12H2,1H3,(H2,13,14,15,16). The molecular weight excluding hydrogens is 234 g/mol. The van der Waals surface area contributed by atoms with Crippen LogP contribution in [0.5, 0.6) is 0 Å². The van der Waals surface area contributed by atoms with Crippen molar-refractivity contribution in [3.8, 4) is 0 Å². The van der Waals surface area contributed by atoms with E-state index in [0.717, 1.165) is 12.2 Å². The number of hydrazine groups is 1. The molecule has 1 atom stereocenters. The summed E-state index contributed by atoms with van der Waals surface area (Å²) in [7, 11) is 0. The van der Waals surface area contributed by atoms with Gasteiger partial charge in [0.15, 0.2) is 0 Å². The van der Waals surface area contributed by atoms with Gasteiger partial charge in [-0.2, -0.15) is 11.3 Å². The number of nitrogens with zero attached hydrogens (tertiary/aromatic N) is 2. The number of nitrogens with one attached hydrogen (secondary N) is 2. The van der Waals surface area contributed by atoms with E-state index in [2.05, 4.69) is 44.5 Å². The Balaban J connectivity index is 1.95. The zero-order valence-electron chi connectivity index (χ0n) is 9.55. The number of hydrogen-bond acceptors (Lipinski definition) is 6. The number of anilines is 2. The van der Waals surface area contributed by atoms with Gasteiger partial charge in [0.1, 0.15) is 18.0 Å². The first-order valence-corrected chi connectivity index (χ1v) is 6.28. The van der Waals surface area contributed by atoms with Gasteiger partial charge in [-0.3, -0.25) is 0 Å². The molecule has 0 spiro atoms. The van der Waals surface area contributed by atoms with Crippen LogP contribution in [0.25, 0.3) is 0 Å². The smallest absolute Gasteiger partial charge is 0.145 e. The molecule has 2 rings (SSSR count). The molecule has 0 saturated carbocycles. The van der Waals surface area contributed by atoms with Crippen LogP contribution in [0.4, 0.5) is 11.6 Å². The predicted molar refractivity (Wildman–Crippen MR) is 70.9 cm³/mol. The monoisotopic (exact) mass is 249 g/mol. The molecule has 0 aliphatic carbocycles. The predicted octanol–water partition coefficient (Wildman–Crippen LogP) is 1.87. The number of thiophene rings is 1. The fraction of sp³-hybridized carbons (Fsp3) is 0.273. The minimum Gasteiger partial charge on any atom is -0.367 e. The van der Waals surface area contributed by atoms with Crippen LogP contribution in [0.15, 0.2) is 29.2 Å². The first kappa shape index (κ1) is 11.8. The van der Waals surface area contributed by atoms with E-state index in [1.54, 1.807) is 17.4 Å². The highest BCUT2D eigenvalue weighted by Crippen LogP contribution is 2.13. The molecule has 0 aliphatic heterocycles. The lowest BCUT2D eigenvalue weighted by atomic mass is 10.1. The number of aromatic nitrogens is 2. The number of nitrogen functional groups attached to an aromatic ring is 1. The average molecular weight is 249 g/mol. The maximum atomic E-state index is 5.29. The molecule has 1 unspecified atom stereocenters. The van der Waals surface area contributed by atoms with Gasteiger partial charge in [0.2, 0.25) is 0 Å². The Morgan fingerprint density at radius 3 is 2.94 bits per heavy atom. The second-order valence-corrected chi connectivity index (χ2v) is 4.59. The van der Waals surface area contributed by atoms with E-state index in [4.69, 9.17) is 5.84 Å². The van der Waals surface area contributed by atoms with Gasteiger partial charge in [0.25, 0.3) is 0 Å². The minimum atomic E-state index is 0.310. The average Bonchev–Trinajstić information content (AvgIpc) is 2.82. The number of nitrogens with two attached hydrogens (primary N) is 1. The van der Waals surface area contributed by atoms with Gasteiger partial charge in [-0.15, -0.1) is 0 Å². The van der Waals surface area contributed by atoms with Gasteiger partial charge in [-0.1, -0.05) is 0 Å². The highest BCUT2D eigenvalue weighted by atomic mass is 32.1. The Labute approximate surface area is 104 Å². The summed E-state index contributed by atoms with van der Waals surface area (Å²) < 4.78 is 0. The van der Waals surface area contributed by atoms with E-state index in [-0.39, 0.29) is 0 Å². The van der Waals surface area contributed by atoms with Crippen LogP contribution >= 0.6 is 11.3 Å². The highest BCUT2D eigenvalue weighted by molar-refractivity contribution is 7.07. The Bertz CT molecular complexity index is 457. The van der Waals surface area contributed by atoms with Gasteiger partial charge in [-0.05, 0) is 35.7 Å². The van der Waals surface area contributed by atoms with E-state index >= 15 is 0 Å². The lowest BCUT2D eigenvalue weighted by Crippen LogP contribution is -2.19. The molecule has 2 aromatic heterocycles. The van der Waals surface area contributed by atoms with Crippen LogP contribution < -0.4 is 16.6 Å². The van der Waals surface area contributed by atoms with Crippen molar-refractivity contribution in [1.82, 2.24) is 9.97 Å². The third-order valence-corrected chi connectivity index (χ3v) is 3.06. The summed E-state index contributed by atoms with van der Waals surface area (Å²) in [5, 5.41) is 7.56. The quantitative estimate of drug-likeness (QED) is 0.557. The Morgan fingerprint density at radius 1 is 1.41 bits per heavy atom. The van der Waals surface area contributed by atoms with Crippen LogP contribution in [0.1, 0.15) is 12.5 Å². The molecule has 17 heavy (non-hydrogen) atoms. The molecule has 0 bridgehead atoms. The van der Waals surface area contributed by atoms with E-state index in [1.165, 1.54) is 11.9 Å². The molecule has 2 heterocycles. The fourth-order valence-corrected chi connectivity index (χ4v) is 2.26. The van der Waals surface area contributed by atoms with Crippen LogP contribution in [0.2, 0.25) is 0 Å². The lowest BCUT2D eigenvalue weighted by molar-refractivity contribution is 0.786. The van der Waals surface area contributed by atoms with Crippen molar-refractivity contribution in [2.45, 2.75) is 19.4 Å². The molecule has 0 aliphatic rings. The first-order valence-electron chi connectivity index (χ1n) is 5.34. The van der Waals surface area contributed by atoms with Crippen molar-refractivity contribution in [2.24, 2.45) is 5.84 Å². The summed E-state index contributed by atoms with van der Waals surface area (Å²) in [4.78, 5) is 8.10. The van der Waals surface area contributed by atoms with Crippen molar-refractivity contribution in [2.75, 3.05) is 10.7 Å². The molecule has 0 saturated heterocycles. The van der Waals surface area contributed by atoms with Crippen molar-refractivity contribution in [1.29, 1.82) is 0 Å². The summed E-state index contributed by atoms with van der Waals surface area (Å²) in [5.41, 5.74) is 3.83. The van der Waals surface area contributed by atoms with Gasteiger partial charge in [0, 0.05) is 12.1 Å².